The first-order valence-electron chi connectivity index (χ1n) is 7.66. The number of benzene rings is 2. The number of methoxy groups -OCH3 is 4. The highest BCUT2D eigenvalue weighted by Crippen LogP contribution is 2.39. The molecule has 0 unspecified atom stereocenters. The third kappa shape index (κ3) is 3.11. The molecule has 8 heteroatoms. The Morgan fingerprint density at radius 2 is 1.46 bits per heavy atom. The fraction of sp³-hybridized carbons (Fsp3) is 0.222. The fourth-order valence-corrected chi connectivity index (χ4v) is 3.54. The zero-order chi connectivity index (χ0) is 18.7. The molecule has 1 heterocycles. The minimum atomic E-state index is -0.378. The molecular weight excluding hydrogens is 356 g/mol. The van der Waals surface area contributed by atoms with Crippen LogP contribution in [0.15, 0.2) is 30.3 Å². The van der Waals surface area contributed by atoms with E-state index in [1.165, 1.54) is 25.6 Å². The van der Waals surface area contributed by atoms with Crippen LogP contribution in [-0.2, 0) is 0 Å². The van der Waals surface area contributed by atoms with Gasteiger partial charge in [-0.25, -0.2) is 4.98 Å². The van der Waals surface area contributed by atoms with E-state index < -0.39 is 0 Å². The molecular formula is C18H18N2O5S. The quantitative estimate of drug-likeness (QED) is 0.710. The van der Waals surface area contributed by atoms with Gasteiger partial charge in [-0.1, -0.05) is 17.4 Å². The Labute approximate surface area is 154 Å². The zero-order valence-corrected chi connectivity index (χ0v) is 15.6. The molecule has 26 heavy (non-hydrogen) atoms. The number of hydrogen-bond donors (Lipinski definition) is 1. The van der Waals surface area contributed by atoms with E-state index in [2.05, 4.69) is 10.3 Å². The van der Waals surface area contributed by atoms with Crippen molar-refractivity contribution in [2.24, 2.45) is 0 Å². The van der Waals surface area contributed by atoms with Crippen molar-refractivity contribution in [2.75, 3.05) is 33.8 Å². The number of ether oxygens (including phenoxy) is 4. The Balaban J connectivity index is 2.01. The van der Waals surface area contributed by atoms with E-state index in [9.17, 15) is 4.79 Å². The third-order valence-corrected chi connectivity index (χ3v) is 4.77. The van der Waals surface area contributed by atoms with E-state index in [-0.39, 0.29) is 5.91 Å². The molecule has 0 bridgehead atoms. The summed E-state index contributed by atoms with van der Waals surface area (Å²) in [5.41, 5.74) is 0.926. The largest absolute Gasteiger partial charge is 0.496 e. The zero-order valence-electron chi connectivity index (χ0n) is 14.8. The second kappa shape index (κ2) is 7.49. The van der Waals surface area contributed by atoms with Crippen molar-refractivity contribution in [3.05, 3.63) is 35.9 Å². The average Bonchev–Trinajstić information content (AvgIpc) is 3.09. The molecule has 1 N–H and O–H groups in total. The van der Waals surface area contributed by atoms with Crippen LogP contribution in [0.5, 0.6) is 23.0 Å². The fourth-order valence-electron chi connectivity index (χ4n) is 2.57. The summed E-state index contributed by atoms with van der Waals surface area (Å²) in [6.45, 7) is 0. The molecule has 0 radical (unpaired) electrons. The first-order valence-corrected chi connectivity index (χ1v) is 8.48. The number of nitrogens with one attached hydrogen (secondary N) is 1. The highest BCUT2D eigenvalue weighted by Gasteiger charge is 2.21. The van der Waals surface area contributed by atoms with Crippen molar-refractivity contribution in [1.82, 2.24) is 4.98 Å². The summed E-state index contributed by atoms with van der Waals surface area (Å²) >= 11 is 1.30. The molecule has 0 saturated carbocycles. The molecule has 136 valence electrons. The number of rotatable bonds is 6. The Morgan fingerprint density at radius 1 is 0.885 bits per heavy atom. The van der Waals surface area contributed by atoms with Crippen molar-refractivity contribution in [1.29, 1.82) is 0 Å². The highest BCUT2D eigenvalue weighted by atomic mass is 32.1. The van der Waals surface area contributed by atoms with Crippen LogP contribution in [0.1, 0.15) is 10.4 Å². The number of amides is 1. The van der Waals surface area contributed by atoms with Crippen molar-refractivity contribution in [2.45, 2.75) is 0 Å². The molecule has 1 aromatic heterocycles. The van der Waals surface area contributed by atoms with E-state index in [1.807, 2.05) is 0 Å². The second-order valence-electron chi connectivity index (χ2n) is 5.16. The first-order chi connectivity index (χ1) is 12.6. The summed E-state index contributed by atoms with van der Waals surface area (Å²) in [6, 6.07) is 8.72. The normalized spacial score (nSPS) is 10.5. The van der Waals surface area contributed by atoms with Gasteiger partial charge in [0.05, 0.1) is 28.4 Å². The average molecular weight is 374 g/mol. The number of carbonyl (C=O) groups is 1. The van der Waals surface area contributed by atoms with E-state index in [0.717, 1.165) is 4.70 Å². The van der Waals surface area contributed by atoms with Gasteiger partial charge in [0.25, 0.3) is 5.91 Å². The van der Waals surface area contributed by atoms with Gasteiger partial charge in [0, 0.05) is 0 Å². The molecule has 7 nitrogen and oxygen atoms in total. The standard InChI is InChI=1S/C18H18N2O5S/c1-22-10-6-5-7-11(23-2)14(10)17(21)20-18-19-15-12(24-3)8-9-13(25-4)16(15)26-18/h5-9H,1-4H3,(H,19,20,21). The summed E-state index contributed by atoms with van der Waals surface area (Å²) < 4.78 is 22.1. The number of hydrogen-bond acceptors (Lipinski definition) is 7. The molecule has 3 rings (SSSR count). The van der Waals surface area contributed by atoms with Gasteiger partial charge in [0.2, 0.25) is 0 Å². The number of aromatic nitrogens is 1. The smallest absolute Gasteiger partial charge is 0.265 e. The van der Waals surface area contributed by atoms with Gasteiger partial charge in [-0.05, 0) is 24.3 Å². The van der Waals surface area contributed by atoms with Gasteiger partial charge >= 0.3 is 0 Å². The lowest BCUT2D eigenvalue weighted by molar-refractivity contribution is 0.102. The Hall–Kier alpha value is -3.00. The predicted molar refractivity (Wildman–Crippen MR) is 100 cm³/mol. The van der Waals surface area contributed by atoms with E-state index >= 15 is 0 Å². The predicted octanol–water partition coefficient (Wildman–Crippen LogP) is 3.58. The molecule has 0 spiro atoms. The molecule has 0 aliphatic heterocycles. The van der Waals surface area contributed by atoms with E-state index in [0.29, 0.717) is 39.2 Å². The van der Waals surface area contributed by atoms with Crippen LogP contribution in [-0.4, -0.2) is 39.3 Å². The topological polar surface area (TPSA) is 78.9 Å². The lowest BCUT2D eigenvalue weighted by Gasteiger charge is -2.11. The minimum absolute atomic E-state index is 0.302. The monoisotopic (exact) mass is 374 g/mol. The number of thiazole rings is 1. The van der Waals surface area contributed by atoms with Crippen molar-refractivity contribution < 1.29 is 23.7 Å². The maximum absolute atomic E-state index is 12.8. The maximum Gasteiger partial charge on any atom is 0.265 e. The second-order valence-corrected chi connectivity index (χ2v) is 6.16. The van der Waals surface area contributed by atoms with Crippen LogP contribution in [0.4, 0.5) is 5.13 Å². The van der Waals surface area contributed by atoms with Gasteiger partial charge in [-0.3, -0.25) is 10.1 Å². The van der Waals surface area contributed by atoms with Gasteiger partial charge in [0.1, 0.15) is 38.8 Å². The molecule has 0 saturated heterocycles. The van der Waals surface area contributed by atoms with E-state index in [1.54, 1.807) is 44.6 Å². The van der Waals surface area contributed by atoms with E-state index in [4.69, 9.17) is 18.9 Å². The Bertz CT molecular complexity index is 891. The van der Waals surface area contributed by atoms with Crippen molar-refractivity contribution in [3.8, 4) is 23.0 Å². The molecule has 0 aliphatic carbocycles. The van der Waals surface area contributed by atoms with Crippen molar-refractivity contribution in [3.63, 3.8) is 0 Å². The molecule has 2 aromatic carbocycles. The lowest BCUT2D eigenvalue weighted by atomic mass is 10.1. The summed E-state index contributed by atoms with van der Waals surface area (Å²) in [5, 5.41) is 3.21. The molecule has 3 aromatic rings. The number of anilines is 1. The number of nitrogens with zero attached hydrogens (tertiary/aromatic N) is 1. The van der Waals surface area contributed by atoms with Gasteiger partial charge in [-0.2, -0.15) is 0 Å². The highest BCUT2D eigenvalue weighted by molar-refractivity contribution is 7.22. The first kappa shape index (κ1) is 17.8. The van der Waals surface area contributed by atoms with Crippen molar-refractivity contribution >= 4 is 32.6 Å². The van der Waals surface area contributed by atoms with Gasteiger partial charge in [-0.15, -0.1) is 0 Å². The minimum Gasteiger partial charge on any atom is -0.496 e. The summed E-state index contributed by atoms with van der Waals surface area (Å²) in [5.74, 6) is 1.72. The number of fused-ring (bicyclic) bond motifs is 1. The van der Waals surface area contributed by atoms with Crippen LogP contribution in [0.25, 0.3) is 10.2 Å². The Kier molecular flexibility index (Phi) is 5.13. The third-order valence-electron chi connectivity index (χ3n) is 3.79. The van der Waals surface area contributed by atoms with Crippen LogP contribution in [0, 0.1) is 0 Å². The lowest BCUT2D eigenvalue weighted by Crippen LogP contribution is -2.14. The van der Waals surface area contributed by atoms with Crippen LogP contribution in [0.2, 0.25) is 0 Å². The van der Waals surface area contributed by atoms with Crippen LogP contribution in [0.3, 0.4) is 0 Å². The van der Waals surface area contributed by atoms with Gasteiger partial charge in [0.15, 0.2) is 5.13 Å². The summed E-state index contributed by atoms with van der Waals surface area (Å²) in [6.07, 6.45) is 0. The summed E-state index contributed by atoms with van der Waals surface area (Å²) in [7, 11) is 6.15. The SMILES string of the molecule is COc1cccc(OC)c1C(=O)Nc1nc2c(OC)ccc(OC)c2s1. The van der Waals surface area contributed by atoms with Crippen LogP contribution >= 0.6 is 11.3 Å². The van der Waals surface area contributed by atoms with Crippen LogP contribution < -0.4 is 24.3 Å². The molecule has 0 fully saturated rings. The number of carbonyl (C=O) groups excluding carboxylic acids is 1. The molecule has 0 aliphatic rings. The Morgan fingerprint density at radius 3 is 2.04 bits per heavy atom. The van der Waals surface area contributed by atoms with Gasteiger partial charge < -0.3 is 18.9 Å². The molecule has 1 amide bonds. The summed E-state index contributed by atoms with van der Waals surface area (Å²) in [4.78, 5) is 17.3. The molecule has 0 atom stereocenters. The maximum atomic E-state index is 12.8.